The fourth-order valence-corrected chi connectivity index (χ4v) is 3.32. The van der Waals surface area contributed by atoms with Gasteiger partial charge < -0.3 is 16.0 Å². The van der Waals surface area contributed by atoms with Crippen LogP contribution in [-0.2, 0) is 14.4 Å². The molecule has 0 radical (unpaired) electrons. The molecule has 0 saturated heterocycles. The van der Waals surface area contributed by atoms with Crippen LogP contribution in [0.1, 0.15) is 19.4 Å². The molecule has 30 heavy (non-hydrogen) atoms. The molecule has 1 aliphatic rings. The summed E-state index contributed by atoms with van der Waals surface area (Å²) in [6, 6.07) is 11.6. The fraction of sp³-hybridized carbons (Fsp3) is 0.143. The minimum atomic E-state index is -0.854. The van der Waals surface area contributed by atoms with Crippen LogP contribution in [0, 0.1) is 5.82 Å². The molecule has 0 bridgehead atoms. The summed E-state index contributed by atoms with van der Waals surface area (Å²) in [5, 5.41) is 12.4. The van der Waals surface area contributed by atoms with Crippen molar-refractivity contribution in [3.8, 4) is 11.1 Å². The Bertz CT molecular complexity index is 1140. The lowest BCUT2D eigenvalue weighted by molar-refractivity contribution is -0.125. The summed E-state index contributed by atoms with van der Waals surface area (Å²) in [5.74, 6) is -0.956. The van der Waals surface area contributed by atoms with E-state index in [0.717, 1.165) is 0 Å². The van der Waals surface area contributed by atoms with E-state index in [0.29, 0.717) is 28.3 Å². The second-order valence-electron chi connectivity index (χ2n) is 6.88. The zero-order valence-electron chi connectivity index (χ0n) is 16.0. The van der Waals surface area contributed by atoms with Crippen molar-refractivity contribution in [2.75, 3.05) is 16.0 Å². The van der Waals surface area contributed by atoms with E-state index < -0.39 is 11.9 Å². The molecule has 0 fully saturated rings. The van der Waals surface area contributed by atoms with E-state index in [2.05, 4.69) is 21.0 Å². The number of rotatable bonds is 4. The van der Waals surface area contributed by atoms with E-state index in [1.54, 1.807) is 36.4 Å². The van der Waals surface area contributed by atoms with Crippen LogP contribution in [0.3, 0.4) is 0 Å². The lowest BCUT2D eigenvalue weighted by atomic mass is 10.1. The number of hydrogen-bond acceptors (Lipinski definition) is 4. The van der Waals surface area contributed by atoms with Crippen molar-refractivity contribution in [2.24, 2.45) is 0 Å². The Morgan fingerprint density at radius 3 is 2.53 bits per heavy atom. The molecular weight excluding hydrogens is 389 g/mol. The number of fused-ring (bicyclic) bond motifs is 1. The van der Waals surface area contributed by atoms with Crippen LogP contribution in [0.5, 0.6) is 0 Å². The predicted octanol–water partition coefficient (Wildman–Crippen LogP) is 3.17. The van der Waals surface area contributed by atoms with Gasteiger partial charge in [0.2, 0.25) is 17.7 Å². The molecule has 0 aliphatic carbocycles. The van der Waals surface area contributed by atoms with Crippen molar-refractivity contribution in [2.45, 2.75) is 19.4 Å². The largest absolute Gasteiger partial charge is 0.326 e. The van der Waals surface area contributed by atoms with Crippen molar-refractivity contribution in [3.63, 3.8) is 0 Å². The molecule has 152 valence electrons. The Labute approximate surface area is 171 Å². The monoisotopic (exact) mass is 407 g/mol. The first-order chi connectivity index (χ1) is 14.4. The first-order valence-electron chi connectivity index (χ1n) is 9.22. The third-order valence-corrected chi connectivity index (χ3v) is 4.64. The second-order valence-corrected chi connectivity index (χ2v) is 6.88. The lowest BCUT2D eigenvalue weighted by Gasteiger charge is -2.24. The van der Waals surface area contributed by atoms with Gasteiger partial charge in [-0.2, -0.15) is 5.10 Å². The van der Waals surface area contributed by atoms with Crippen molar-refractivity contribution in [1.29, 1.82) is 0 Å². The van der Waals surface area contributed by atoms with Crippen LogP contribution >= 0.6 is 0 Å². The van der Waals surface area contributed by atoms with Crippen LogP contribution in [0.4, 0.5) is 21.6 Å². The van der Waals surface area contributed by atoms with Gasteiger partial charge in [0.25, 0.3) is 0 Å². The Kier molecular flexibility index (Phi) is 5.01. The van der Waals surface area contributed by atoms with Gasteiger partial charge in [0, 0.05) is 23.9 Å². The summed E-state index contributed by atoms with van der Waals surface area (Å²) < 4.78 is 14.7. The van der Waals surface area contributed by atoms with Gasteiger partial charge >= 0.3 is 0 Å². The predicted molar refractivity (Wildman–Crippen MR) is 109 cm³/mol. The second kappa shape index (κ2) is 7.78. The smallest absolute Gasteiger partial charge is 0.249 e. The number of anilines is 3. The number of nitrogens with one attached hydrogen (secondary N) is 3. The van der Waals surface area contributed by atoms with E-state index in [1.165, 1.54) is 29.9 Å². The Morgan fingerprint density at radius 2 is 1.83 bits per heavy atom. The van der Waals surface area contributed by atoms with E-state index in [-0.39, 0.29) is 24.1 Å². The van der Waals surface area contributed by atoms with Crippen LogP contribution in [0.15, 0.2) is 54.7 Å². The quantitative estimate of drug-likeness (QED) is 0.618. The average Bonchev–Trinajstić information content (AvgIpc) is 3.11. The zero-order valence-corrected chi connectivity index (χ0v) is 16.0. The Balaban J connectivity index is 1.60. The van der Waals surface area contributed by atoms with Gasteiger partial charge in [-0.25, -0.2) is 9.07 Å². The van der Waals surface area contributed by atoms with Crippen LogP contribution in [0.25, 0.3) is 11.1 Å². The first kappa shape index (κ1) is 19.3. The molecule has 2 heterocycles. The molecule has 0 saturated carbocycles. The zero-order chi connectivity index (χ0) is 21.3. The molecular formula is C21H18FN5O3. The summed E-state index contributed by atoms with van der Waals surface area (Å²) in [4.78, 5) is 36.4. The van der Waals surface area contributed by atoms with Crippen LogP contribution in [-0.4, -0.2) is 27.5 Å². The van der Waals surface area contributed by atoms with Crippen molar-refractivity contribution in [1.82, 2.24) is 9.78 Å². The standard InChI is InChI=1S/C21H18FN5O3/c1-12(28)24-15-3-2-4-16(9-15)25-21(30)18-10-19(29)26-20-17(11-23-27(18)20)13-5-7-14(22)8-6-13/h2-9,11,18H,10H2,1H3,(H,24,28)(H,25,30)(H,26,29). The van der Waals surface area contributed by atoms with E-state index in [4.69, 9.17) is 0 Å². The van der Waals surface area contributed by atoms with Gasteiger partial charge in [0.1, 0.15) is 17.7 Å². The highest BCUT2D eigenvalue weighted by Crippen LogP contribution is 2.34. The highest BCUT2D eigenvalue weighted by atomic mass is 19.1. The molecule has 9 heteroatoms. The summed E-state index contributed by atoms with van der Waals surface area (Å²) >= 11 is 0. The van der Waals surface area contributed by atoms with E-state index in [1.807, 2.05) is 0 Å². The number of hydrogen-bond donors (Lipinski definition) is 3. The highest BCUT2D eigenvalue weighted by Gasteiger charge is 2.33. The number of carbonyl (C=O) groups excluding carboxylic acids is 3. The molecule has 2 aromatic carbocycles. The summed E-state index contributed by atoms with van der Waals surface area (Å²) in [6.45, 7) is 1.39. The third kappa shape index (κ3) is 3.90. The number of nitrogens with zero attached hydrogens (tertiary/aromatic N) is 2. The van der Waals surface area contributed by atoms with E-state index in [9.17, 15) is 18.8 Å². The highest BCUT2D eigenvalue weighted by molar-refractivity contribution is 6.03. The summed E-state index contributed by atoms with van der Waals surface area (Å²) in [7, 11) is 0. The van der Waals surface area contributed by atoms with Gasteiger partial charge in [0.05, 0.1) is 12.6 Å². The molecule has 1 unspecified atom stereocenters. The molecule has 3 amide bonds. The molecule has 8 nitrogen and oxygen atoms in total. The minimum absolute atomic E-state index is 0.0746. The van der Waals surface area contributed by atoms with E-state index >= 15 is 0 Å². The van der Waals surface area contributed by atoms with Crippen molar-refractivity contribution < 1.29 is 18.8 Å². The Hall–Kier alpha value is -4.01. The first-order valence-corrected chi connectivity index (χ1v) is 9.22. The molecule has 1 aromatic heterocycles. The summed E-state index contributed by atoms with van der Waals surface area (Å²) in [5.41, 5.74) is 2.28. The van der Waals surface area contributed by atoms with Gasteiger partial charge in [-0.1, -0.05) is 18.2 Å². The third-order valence-electron chi connectivity index (χ3n) is 4.64. The van der Waals surface area contributed by atoms with Crippen molar-refractivity contribution in [3.05, 3.63) is 60.5 Å². The number of aromatic nitrogens is 2. The molecule has 1 aliphatic heterocycles. The van der Waals surface area contributed by atoms with Gasteiger partial charge in [0.15, 0.2) is 0 Å². The average molecular weight is 407 g/mol. The van der Waals surface area contributed by atoms with Crippen LogP contribution in [0.2, 0.25) is 0 Å². The lowest BCUT2D eigenvalue weighted by Crippen LogP contribution is -2.35. The number of amides is 3. The number of carbonyl (C=O) groups is 3. The Morgan fingerprint density at radius 1 is 1.13 bits per heavy atom. The van der Waals surface area contributed by atoms with Gasteiger partial charge in [-0.3, -0.25) is 14.4 Å². The minimum Gasteiger partial charge on any atom is -0.326 e. The number of halogens is 1. The molecule has 3 N–H and O–H groups in total. The SMILES string of the molecule is CC(=O)Nc1cccc(NC(=O)C2CC(=O)Nc3c(-c4ccc(F)cc4)cnn32)c1. The van der Waals surface area contributed by atoms with Gasteiger partial charge in [-0.15, -0.1) is 0 Å². The molecule has 4 rings (SSSR count). The van der Waals surface area contributed by atoms with Gasteiger partial charge in [-0.05, 0) is 35.9 Å². The normalized spacial score (nSPS) is 15.1. The molecule has 3 aromatic rings. The maximum absolute atomic E-state index is 13.2. The fourth-order valence-electron chi connectivity index (χ4n) is 3.32. The molecule has 1 atom stereocenters. The maximum atomic E-state index is 13.2. The van der Waals surface area contributed by atoms with Crippen molar-refractivity contribution >= 4 is 34.9 Å². The topological polar surface area (TPSA) is 105 Å². The summed E-state index contributed by atoms with van der Waals surface area (Å²) in [6.07, 6.45) is 1.46. The molecule has 0 spiro atoms. The van der Waals surface area contributed by atoms with Crippen LogP contribution < -0.4 is 16.0 Å². The maximum Gasteiger partial charge on any atom is 0.249 e. The number of benzene rings is 2.